The second-order valence-electron chi connectivity index (χ2n) is 7.33. The van der Waals surface area contributed by atoms with Gasteiger partial charge < -0.3 is 5.32 Å². The number of nitrogens with one attached hydrogen (secondary N) is 2. The van der Waals surface area contributed by atoms with Crippen LogP contribution in [-0.2, 0) is 22.6 Å². The Morgan fingerprint density at radius 3 is 2.33 bits per heavy atom. The van der Waals surface area contributed by atoms with Crippen LogP contribution in [0.1, 0.15) is 47.2 Å². The van der Waals surface area contributed by atoms with Crippen molar-refractivity contribution in [3.63, 3.8) is 0 Å². The molecule has 0 spiro atoms. The third-order valence-corrected chi connectivity index (χ3v) is 6.58. The fourth-order valence-corrected chi connectivity index (χ4v) is 4.77. The summed E-state index contributed by atoms with van der Waals surface area (Å²) in [6.07, 6.45) is -0.425. The molecule has 1 aliphatic carbocycles. The molecule has 0 aliphatic heterocycles. The zero-order valence-corrected chi connectivity index (χ0v) is 17.0. The molecule has 1 fully saturated rings. The lowest BCUT2D eigenvalue weighted by atomic mass is 10.1. The van der Waals surface area contributed by atoms with E-state index in [1.54, 1.807) is 0 Å². The predicted molar refractivity (Wildman–Crippen MR) is 107 cm³/mol. The van der Waals surface area contributed by atoms with Gasteiger partial charge in [0.2, 0.25) is 10.0 Å². The lowest BCUT2D eigenvalue weighted by Gasteiger charge is -2.13. The molecule has 1 aliphatic rings. The number of carbonyl (C=O) groups excluding carboxylic acids is 1. The highest BCUT2D eigenvalue weighted by Crippen LogP contribution is 2.29. The summed E-state index contributed by atoms with van der Waals surface area (Å²) in [5, 5.41) is 2.67. The first kappa shape index (κ1) is 22.3. The molecule has 0 unspecified atom stereocenters. The van der Waals surface area contributed by atoms with Gasteiger partial charge in [0.25, 0.3) is 5.91 Å². The van der Waals surface area contributed by atoms with E-state index >= 15 is 0 Å². The third kappa shape index (κ3) is 5.82. The molecule has 2 aromatic rings. The number of carbonyl (C=O) groups is 1. The van der Waals surface area contributed by atoms with Crippen molar-refractivity contribution in [3.8, 4) is 0 Å². The van der Waals surface area contributed by atoms with Crippen LogP contribution in [0.25, 0.3) is 0 Å². The number of alkyl halides is 3. The Hall–Kier alpha value is -2.39. The van der Waals surface area contributed by atoms with E-state index < -0.39 is 27.7 Å². The number of sulfonamides is 1. The summed E-state index contributed by atoms with van der Waals surface area (Å²) in [7, 11) is -3.70. The molecule has 3 rings (SSSR count). The van der Waals surface area contributed by atoms with Gasteiger partial charge in [-0.25, -0.2) is 13.1 Å². The van der Waals surface area contributed by atoms with Gasteiger partial charge in [0.05, 0.1) is 10.5 Å². The van der Waals surface area contributed by atoms with E-state index in [9.17, 15) is 26.4 Å². The number of halogens is 3. The molecule has 0 radical (unpaired) electrons. The monoisotopic (exact) mass is 440 g/mol. The van der Waals surface area contributed by atoms with Crippen LogP contribution in [0.2, 0.25) is 0 Å². The van der Waals surface area contributed by atoms with Gasteiger partial charge in [-0.3, -0.25) is 4.79 Å². The first-order valence-electron chi connectivity index (χ1n) is 9.72. The fourth-order valence-electron chi connectivity index (χ4n) is 3.42. The molecule has 0 aromatic heterocycles. The van der Waals surface area contributed by atoms with Crippen LogP contribution < -0.4 is 10.0 Å². The van der Waals surface area contributed by atoms with Gasteiger partial charge >= 0.3 is 6.18 Å². The Morgan fingerprint density at radius 1 is 1.03 bits per heavy atom. The zero-order valence-electron chi connectivity index (χ0n) is 16.2. The standard InChI is InChI=1S/C21H23F3N2O3S/c22-21(23,24)17-10-8-15(9-11-17)12-13-25-20(27)16-4-3-7-19(14-16)30(28,29)26-18-5-1-2-6-18/h3-4,7-11,14,18,26H,1-2,5-6,12-13H2,(H,25,27). The van der Waals surface area contributed by atoms with Crippen LogP contribution >= 0.6 is 0 Å². The maximum atomic E-state index is 12.6. The average Bonchev–Trinajstić information content (AvgIpc) is 3.20. The van der Waals surface area contributed by atoms with Gasteiger partial charge in [-0.1, -0.05) is 31.0 Å². The first-order chi connectivity index (χ1) is 14.1. The van der Waals surface area contributed by atoms with E-state index in [1.807, 2.05) is 0 Å². The minimum Gasteiger partial charge on any atom is -0.352 e. The average molecular weight is 440 g/mol. The van der Waals surface area contributed by atoms with Crippen LogP contribution in [0.3, 0.4) is 0 Å². The third-order valence-electron chi connectivity index (χ3n) is 5.06. The maximum Gasteiger partial charge on any atom is 0.416 e. The second kappa shape index (κ2) is 9.18. The normalized spacial score (nSPS) is 15.3. The topological polar surface area (TPSA) is 75.3 Å². The first-order valence-corrected chi connectivity index (χ1v) is 11.2. The van der Waals surface area contributed by atoms with Crippen molar-refractivity contribution < 1.29 is 26.4 Å². The Balaban J connectivity index is 1.57. The van der Waals surface area contributed by atoms with Gasteiger partial charge in [0.15, 0.2) is 0 Å². The lowest BCUT2D eigenvalue weighted by molar-refractivity contribution is -0.137. The summed E-state index contributed by atoms with van der Waals surface area (Å²) in [4.78, 5) is 12.4. The minimum atomic E-state index is -4.38. The Morgan fingerprint density at radius 2 is 1.70 bits per heavy atom. The van der Waals surface area contributed by atoms with E-state index in [-0.39, 0.29) is 23.0 Å². The summed E-state index contributed by atoms with van der Waals surface area (Å²) in [6, 6.07) is 10.5. The zero-order chi connectivity index (χ0) is 21.8. The largest absolute Gasteiger partial charge is 0.416 e. The smallest absolute Gasteiger partial charge is 0.352 e. The van der Waals surface area contributed by atoms with Gasteiger partial charge in [-0.05, 0) is 55.2 Å². The van der Waals surface area contributed by atoms with Crippen LogP contribution in [0.15, 0.2) is 53.4 Å². The quantitative estimate of drug-likeness (QED) is 0.686. The fraction of sp³-hybridized carbons (Fsp3) is 0.381. The summed E-state index contributed by atoms with van der Waals surface area (Å²) < 4.78 is 65.5. The van der Waals surface area contributed by atoms with E-state index in [0.29, 0.717) is 12.0 Å². The van der Waals surface area contributed by atoms with Crippen molar-refractivity contribution >= 4 is 15.9 Å². The van der Waals surface area contributed by atoms with Gasteiger partial charge in [0.1, 0.15) is 0 Å². The molecule has 0 saturated heterocycles. The van der Waals surface area contributed by atoms with Gasteiger partial charge in [0, 0.05) is 18.2 Å². The van der Waals surface area contributed by atoms with Crippen LogP contribution in [0.5, 0.6) is 0 Å². The molecule has 1 amide bonds. The highest BCUT2D eigenvalue weighted by atomic mass is 32.2. The molecular formula is C21H23F3N2O3S. The number of hydrogen-bond donors (Lipinski definition) is 2. The summed E-state index contributed by atoms with van der Waals surface area (Å²) in [5.41, 5.74) is 0.136. The highest BCUT2D eigenvalue weighted by molar-refractivity contribution is 7.89. The van der Waals surface area contributed by atoms with E-state index in [1.165, 1.54) is 36.4 Å². The molecule has 9 heteroatoms. The van der Waals surface area contributed by atoms with E-state index in [4.69, 9.17) is 0 Å². The Labute approximate surface area is 173 Å². The lowest BCUT2D eigenvalue weighted by Crippen LogP contribution is -2.33. The highest BCUT2D eigenvalue weighted by Gasteiger charge is 2.29. The number of benzene rings is 2. The molecule has 30 heavy (non-hydrogen) atoms. The van der Waals surface area contributed by atoms with E-state index in [2.05, 4.69) is 10.0 Å². The molecule has 162 valence electrons. The molecule has 1 saturated carbocycles. The Kier molecular flexibility index (Phi) is 6.82. The molecule has 0 heterocycles. The molecular weight excluding hydrogens is 417 g/mol. The van der Waals surface area contributed by atoms with Crippen LogP contribution in [-0.4, -0.2) is 26.9 Å². The van der Waals surface area contributed by atoms with Gasteiger partial charge in [-0.15, -0.1) is 0 Å². The summed E-state index contributed by atoms with van der Waals surface area (Å²) in [5.74, 6) is -0.445. The maximum absolute atomic E-state index is 12.6. The number of rotatable bonds is 7. The molecule has 0 bridgehead atoms. The van der Waals surface area contributed by atoms with E-state index in [0.717, 1.165) is 37.8 Å². The van der Waals surface area contributed by atoms with Crippen LogP contribution in [0, 0.1) is 0 Å². The SMILES string of the molecule is O=C(NCCc1ccc(C(F)(F)F)cc1)c1cccc(S(=O)(=O)NC2CCCC2)c1. The van der Waals surface area contributed by atoms with Gasteiger partial charge in [-0.2, -0.15) is 13.2 Å². The Bertz CT molecular complexity index is 983. The molecule has 2 N–H and O–H groups in total. The minimum absolute atomic E-state index is 0.0322. The van der Waals surface area contributed by atoms with Crippen molar-refractivity contribution in [2.75, 3.05) is 6.54 Å². The van der Waals surface area contributed by atoms with Crippen molar-refractivity contribution in [2.45, 2.75) is 49.2 Å². The van der Waals surface area contributed by atoms with Crippen molar-refractivity contribution in [3.05, 3.63) is 65.2 Å². The summed E-state index contributed by atoms with van der Waals surface area (Å²) >= 11 is 0. The molecule has 0 atom stereocenters. The van der Waals surface area contributed by atoms with Crippen molar-refractivity contribution in [1.82, 2.24) is 10.0 Å². The molecule has 2 aromatic carbocycles. The number of hydrogen-bond acceptors (Lipinski definition) is 3. The van der Waals surface area contributed by atoms with Crippen molar-refractivity contribution in [2.24, 2.45) is 0 Å². The van der Waals surface area contributed by atoms with Crippen molar-refractivity contribution in [1.29, 1.82) is 0 Å². The summed E-state index contributed by atoms with van der Waals surface area (Å²) in [6.45, 7) is 0.210. The molecule has 5 nitrogen and oxygen atoms in total. The second-order valence-corrected chi connectivity index (χ2v) is 9.05. The predicted octanol–water partition coefficient (Wildman–Crippen LogP) is 3.90. The van der Waals surface area contributed by atoms with Crippen LogP contribution in [0.4, 0.5) is 13.2 Å². The number of amides is 1.